The number of aryl methyl sites for hydroxylation is 4. The van der Waals surface area contributed by atoms with Crippen LogP contribution in [0.15, 0.2) is 70.5 Å². The first kappa shape index (κ1) is 71.6. The summed E-state index contributed by atoms with van der Waals surface area (Å²) in [5.41, 5.74) is 3.84. The van der Waals surface area contributed by atoms with Crippen LogP contribution >= 0.6 is 0 Å². The zero-order valence-corrected chi connectivity index (χ0v) is 53.7. The van der Waals surface area contributed by atoms with Gasteiger partial charge in [-0.05, 0) is 119 Å². The van der Waals surface area contributed by atoms with E-state index in [9.17, 15) is 25.9 Å². The molecule has 0 aliphatic heterocycles. The first-order valence-electron chi connectivity index (χ1n) is 31.9. The van der Waals surface area contributed by atoms with Crippen LogP contribution in [0.4, 0.5) is 0 Å². The van der Waals surface area contributed by atoms with Crippen LogP contribution in [0.1, 0.15) is 307 Å². The standard InChI is InChI=1S/2C34H56O3S.Ca/c2*1-3-5-7-9-11-13-15-17-19-21-23-30-25-26-31-28-32(34(38(35,36)37)29-33(31)27-30)24-22-20-18-16-14-12-10-8-6-4-2;/h2*25-29H,3-24H2,1-2H3,(H,35,36,37);/q;;+2/p-2. The van der Waals surface area contributed by atoms with E-state index in [-0.39, 0.29) is 47.5 Å². The van der Waals surface area contributed by atoms with Gasteiger partial charge in [0.15, 0.2) is 0 Å². The average molecular weight is 1130 g/mol. The number of unbranched alkanes of at least 4 members (excludes halogenated alkanes) is 36. The van der Waals surface area contributed by atoms with Crippen LogP contribution in [0, 0.1) is 0 Å². The van der Waals surface area contributed by atoms with Gasteiger partial charge in [-0.1, -0.05) is 295 Å². The number of benzene rings is 4. The third kappa shape index (κ3) is 33.2. The molecule has 0 heterocycles. The molecule has 6 nitrogen and oxygen atoms in total. The second-order valence-electron chi connectivity index (χ2n) is 22.9. The molecule has 77 heavy (non-hydrogen) atoms. The second kappa shape index (κ2) is 45.1. The third-order valence-corrected chi connectivity index (χ3v) is 17.8. The van der Waals surface area contributed by atoms with Crippen molar-refractivity contribution in [1.82, 2.24) is 0 Å². The Balaban J connectivity index is 0.000000520. The Morgan fingerprint density at radius 2 is 0.494 bits per heavy atom. The van der Waals surface area contributed by atoms with E-state index in [4.69, 9.17) is 0 Å². The number of fused-ring (bicyclic) bond motifs is 2. The molecular formula is C68H110CaO6S2. The van der Waals surface area contributed by atoms with E-state index in [2.05, 4.69) is 64.1 Å². The van der Waals surface area contributed by atoms with Gasteiger partial charge in [-0.3, -0.25) is 0 Å². The van der Waals surface area contributed by atoms with Crippen LogP contribution in [-0.2, 0) is 45.9 Å². The van der Waals surface area contributed by atoms with Gasteiger partial charge in [-0.25, -0.2) is 16.8 Å². The minimum Gasteiger partial charge on any atom is -0.744 e. The fourth-order valence-electron chi connectivity index (χ4n) is 11.2. The molecule has 0 saturated carbocycles. The first-order chi connectivity index (χ1) is 36.9. The van der Waals surface area contributed by atoms with E-state index in [1.54, 1.807) is 12.1 Å². The minimum absolute atomic E-state index is 0. The quantitative estimate of drug-likeness (QED) is 0.0247. The molecule has 0 aliphatic carbocycles. The van der Waals surface area contributed by atoms with Crippen LogP contribution in [0.2, 0.25) is 0 Å². The molecule has 0 spiro atoms. The fourth-order valence-corrected chi connectivity index (χ4v) is 12.7. The first-order valence-corrected chi connectivity index (χ1v) is 34.8. The van der Waals surface area contributed by atoms with Crippen molar-refractivity contribution in [2.45, 2.75) is 320 Å². The van der Waals surface area contributed by atoms with E-state index >= 15 is 0 Å². The van der Waals surface area contributed by atoms with Crippen LogP contribution in [0.5, 0.6) is 0 Å². The molecule has 0 saturated heterocycles. The third-order valence-electron chi connectivity index (χ3n) is 15.9. The molecule has 432 valence electrons. The van der Waals surface area contributed by atoms with Gasteiger partial charge in [0.1, 0.15) is 20.2 Å². The summed E-state index contributed by atoms with van der Waals surface area (Å²) in [6.07, 6.45) is 54.5. The van der Waals surface area contributed by atoms with E-state index in [0.29, 0.717) is 24.0 Å². The molecule has 4 rings (SSSR count). The van der Waals surface area contributed by atoms with E-state index in [0.717, 1.165) is 72.9 Å². The number of hydrogen-bond acceptors (Lipinski definition) is 6. The monoisotopic (exact) mass is 1130 g/mol. The summed E-state index contributed by atoms with van der Waals surface area (Å²) < 4.78 is 72.5. The number of rotatable bonds is 46. The van der Waals surface area contributed by atoms with Gasteiger partial charge in [0, 0.05) is 0 Å². The molecule has 0 atom stereocenters. The maximum absolute atomic E-state index is 12.1. The van der Waals surface area contributed by atoms with Gasteiger partial charge in [-0.2, -0.15) is 0 Å². The molecule has 0 bridgehead atoms. The van der Waals surface area contributed by atoms with E-state index in [1.807, 2.05) is 12.1 Å². The second-order valence-corrected chi connectivity index (χ2v) is 25.6. The van der Waals surface area contributed by atoms with Crippen molar-refractivity contribution in [3.05, 3.63) is 82.9 Å². The molecule has 0 amide bonds. The van der Waals surface area contributed by atoms with Crippen molar-refractivity contribution in [1.29, 1.82) is 0 Å². The summed E-state index contributed by atoms with van der Waals surface area (Å²) in [5.74, 6) is 0. The maximum Gasteiger partial charge on any atom is 2.00 e. The Morgan fingerprint density at radius 3 is 0.727 bits per heavy atom. The van der Waals surface area contributed by atoms with Crippen molar-refractivity contribution in [2.75, 3.05) is 0 Å². The van der Waals surface area contributed by atoms with Gasteiger partial charge in [-0.15, -0.1) is 0 Å². The Labute approximate surface area is 504 Å². The molecular weight excluding hydrogens is 1020 g/mol. The van der Waals surface area contributed by atoms with Crippen LogP contribution < -0.4 is 0 Å². The maximum atomic E-state index is 12.1. The molecule has 0 fully saturated rings. The Bertz CT molecular complexity index is 2160. The van der Waals surface area contributed by atoms with Gasteiger partial charge in [0.05, 0.1) is 9.79 Å². The topological polar surface area (TPSA) is 114 Å². The van der Waals surface area contributed by atoms with Gasteiger partial charge >= 0.3 is 37.7 Å². The smallest absolute Gasteiger partial charge is 0.744 e. The summed E-state index contributed by atoms with van der Waals surface area (Å²) in [5, 5.41) is 3.81. The Kier molecular flexibility index (Phi) is 41.9. The normalized spacial score (nSPS) is 11.8. The van der Waals surface area contributed by atoms with Crippen molar-refractivity contribution >= 4 is 79.5 Å². The van der Waals surface area contributed by atoms with Crippen molar-refractivity contribution < 1.29 is 25.9 Å². The Hall–Kier alpha value is -1.52. The predicted octanol–water partition coefficient (Wildman–Crippen LogP) is 21.0. The summed E-state index contributed by atoms with van der Waals surface area (Å²) in [7, 11) is -8.98. The molecule has 4 aromatic rings. The predicted molar refractivity (Wildman–Crippen MR) is 332 cm³/mol. The van der Waals surface area contributed by atoms with Crippen LogP contribution in [-0.4, -0.2) is 63.7 Å². The summed E-state index contributed by atoms with van der Waals surface area (Å²) in [6, 6.07) is 19.9. The van der Waals surface area contributed by atoms with Crippen molar-refractivity contribution in [2.24, 2.45) is 0 Å². The van der Waals surface area contributed by atoms with Gasteiger partial charge in [0.25, 0.3) is 0 Å². The summed E-state index contributed by atoms with van der Waals surface area (Å²) >= 11 is 0. The molecule has 0 aliphatic rings. The average Bonchev–Trinajstić information content (AvgIpc) is 3.40. The zero-order chi connectivity index (χ0) is 55.0. The van der Waals surface area contributed by atoms with Crippen LogP contribution in [0.3, 0.4) is 0 Å². The zero-order valence-electron chi connectivity index (χ0n) is 49.9. The van der Waals surface area contributed by atoms with E-state index in [1.165, 1.54) is 229 Å². The summed E-state index contributed by atoms with van der Waals surface area (Å²) in [4.78, 5) is -0.0333. The van der Waals surface area contributed by atoms with E-state index < -0.39 is 20.2 Å². The van der Waals surface area contributed by atoms with Crippen molar-refractivity contribution in [3.63, 3.8) is 0 Å². The van der Waals surface area contributed by atoms with Crippen LogP contribution in [0.25, 0.3) is 21.5 Å². The van der Waals surface area contributed by atoms with Gasteiger partial charge < -0.3 is 9.11 Å². The SMILES string of the molecule is CCCCCCCCCCCCc1ccc2cc(CCCCCCCCCCCC)c(S(=O)(=O)[O-])cc2c1.CCCCCCCCCCCCc1ccc2cc(CCCCCCCCCCCC)c(S(=O)(=O)[O-])cc2c1.[Ca+2]. The van der Waals surface area contributed by atoms with Gasteiger partial charge in [0.2, 0.25) is 0 Å². The number of hydrogen-bond donors (Lipinski definition) is 0. The Morgan fingerprint density at radius 1 is 0.273 bits per heavy atom. The molecule has 0 aromatic heterocycles. The minimum atomic E-state index is -4.49. The molecule has 0 radical (unpaired) electrons. The largest absolute Gasteiger partial charge is 2.00 e. The summed E-state index contributed by atoms with van der Waals surface area (Å²) in [6.45, 7) is 9.02. The molecule has 0 N–H and O–H groups in total. The molecule has 0 unspecified atom stereocenters. The molecule has 4 aromatic carbocycles. The van der Waals surface area contributed by atoms with Crippen molar-refractivity contribution in [3.8, 4) is 0 Å². The molecule has 9 heteroatoms. The fraction of sp³-hybridized carbons (Fsp3) is 0.706.